The van der Waals surface area contributed by atoms with Gasteiger partial charge in [-0.2, -0.15) is 13.2 Å². The molecule has 0 aromatic heterocycles. The lowest BCUT2D eigenvalue weighted by Gasteiger charge is -2.12. The standard InChI is InChI=1S/C28H26ClF3N2O5/c1-17-12-18(2)14-22(13-17)39-21-9-7-20(8-10-21)33-25(35)4-3-5-27(37)38-16-26(36)34-24-15-19(28(30,31)32)6-11-23(24)29/h6-15H,3-5,16H2,1-2H3,(H,33,35)(H,34,36). The summed E-state index contributed by atoms with van der Waals surface area (Å²) < 4.78 is 49.2. The van der Waals surface area contributed by atoms with Crippen molar-refractivity contribution in [3.63, 3.8) is 0 Å². The quantitative estimate of drug-likeness (QED) is 0.258. The van der Waals surface area contributed by atoms with E-state index in [1.807, 2.05) is 32.0 Å². The van der Waals surface area contributed by atoms with Crippen LogP contribution in [-0.4, -0.2) is 24.4 Å². The number of halogens is 4. The fourth-order valence-corrected chi connectivity index (χ4v) is 3.72. The molecule has 0 aliphatic carbocycles. The van der Waals surface area contributed by atoms with Crippen LogP contribution < -0.4 is 15.4 Å². The Morgan fingerprint density at radius 2 is 1.49 bits per heavy atom. The summed E-state index contributed by atoms with van der Waals surface area (Å²) in [4.78, 5) is 36.1. The summed E-state index contributed by atoms with van der Waals surface area (Å²) >= 11 is 5.83. The number of nitrogens with one attached hydrogen (secondary N) is 2. The molecule has 3 aromatic carbocycles. The van der Waals surface area contributed by atoms with Crippen molar-refractivity contribution in [3.05, 3.63) is 82.4 Å². The highest BCUT2D eigenvalue weighted by Crippen LogP contribution is 2.33. The zero-order chi connectivity index (χ0) is 28.6. The summed E-state index contributed by atoms with van der Waals surface area (Å²) in [5.41, 5.74) is 1.48. The first-order valence-corrected chi connectivity index (χ1v) is 12.2. The lowest BCUT2D eigenvalue weighted by Crippen LogP contribution is -2.21. The van der Waals surface area contributed by atoms with E-state index in [1.165, 1.54) is 0 Å². The molecule has 206 valence electrons. The van der Waals surface area contributed by atoms with Crippen molar-refractivity contribution in [2.45, 2.75) is 39.3 Å². The SMILES string of the molecule is Cc1cc(C)cc(Oc2ccc(NC(=O)CCCC(=O)OCC(=O)Nc3cc(C(F)(F)F)ccc3Cl)cc2)c1. The van der Waals surface area contributed by atoms with E-state index >= 15 is 0 Å². The van der Waals surface area contributed by atoms with Gasteiger partial charge in [-0.05, 0) is 86.0 Å². The number of aryl methyl sites for hydroxylation is 2. The largest absolute Gasteiger partial charge is 0.457 e. The summed E-state index contributed by atoms with van der Waals surface area (Å²) in [6.45, 7) is 3.25. The molecule has 7 nitrogen and oxygen atoms in total. The molecule has 0 aliphatic rings. The van der Waals surface area contributed by atoms with E-state index in [9.17, 15) is 27.6 Å². The van der Waals surface area contributed by atoms with Crippen LogP contribution in [0.5, 0.6) is 11.5 Å². The molecule has 3 rings (SSSR count). The van der Waals surface area contributed by atoms with E-state index in [0.29, 0.717) is 23.3 Å². The highest BCUT2D eigenvalue weighted by atomic mass is 35.5. The molecule has 3 aromatic rings. The van der Waals surface area contributed by atoms with Gasteiger partial charge in [0.15, 0.2) is 6.61 Å². The van der Waals surface area contributed by atoms with Crippen molar-refractivity contribution in [1.82, 2.24) is 0 Å². The fourth-order valence-electron chi connectivity index (χ4n) is 3.55. The Hall–Kier alpha value is -4.05. The van der Waals surface area contributed by atoms with Gasteiger partial charge in [-0.1, -0.05) is 17.7 Å². The van der Waals surface area contributed by atoms with E-state index in [1.54, 1.807) is 24.3 Å². The third-order valence-corrected chi connectivity index (χ3v) is 5.62. The van der Waals surface area contributed by atoms with Crippen molar-refractivity contribution < 1.29 is 37.0 Å². The van der Waals surface area contributed by atoms with Crippen LogP contribution in [0.25, 0.3) is 0 Å². The summed E-state index contributed by atoms with van der Waals surface area (Å²) in [6.07, 6.45) is -4.54. The molecule has 0 aliphatic heterocycles. The van der Waals surface area contributed by atoms with Gasteiger partial charge in [0.25, 0.3) is 5.91 Å². The number of rotatable bonds is 10. The minimum absolute atomic E-state index is 0.0297. The number of carbonyl (C=O) groups excluding carboxylic acids is 3. The first-order chi connectivity index (χ1) is 18.4. The lowest BCUT2D eigenvalue weighted by atomic mass is 10.1. The normalized spacial score (nSPS) is 11.0. The molecular formula is C28H26ClF3N2O5. The first-order valence-electron chi connectivity index (χ1n) is 11.9. The number of hydrogen-bond acceptors (Lipinski definition) is 5. The van der Waals surface area contributed by atoms with Crippen LogP contribution in [-0.2, 0) is 25.3 Å². The maximum absolute atomic E-state index is 12.8. The zero-order valence-electron chi connectivity index (χ0n) is 21.2. The predicted octanol–water partition coefficient (Wildman–Crippen LogP) is 7.06. The average Bonchev–Trinajstić information content (AvgIpc) is 2.84. The van der Waals surface area contributed by atoms with Crippen LogP contribution in [0.4, 0.5) is 24.5 Å². The maximum atomic E-state index is 12.8. The van der Waals surface area contributed by atoms with Crippen LogP contribution in [0.15, 0.2) is 60.7 Å². The third kappa shape index (κ3) is 9.64. The molecule has 0 bridgehead atoms. The van der Waals surface area contributed by atoms with Gasteiger partial charge in [-0.15, -0.1) is 0 Å². The number of ether oxygens (including phenoxy) is 2. The fraction of sp³-hybridized carbons (Fsp3) is 0.250. The van der Waals surface area contributed by atoms with Gasteiger partial charge in [0.2, 0.25) is 5.91 Å². The summed E-state index contributed by atoms with van der Waals surface area (Å²) in [5, 5.41) is 4.80. The van der Waals surface area contributed by atoms with Gasteiger partial charge in [0.1, 0.15) is 11.5 Å². The first kappa shape index (κ1) is 29.5. The second-order valence-electron chi connectivity index (χ2n) is 8.75. The Labute approximate surface area is 228 Å². The third-order valence-electron chi connectivity index (χ3n) is 5.29. The zero-order valence-corrected chi connectivity index (χ0v) is 21.9. The Bertz CT molecular complexity index is 1320. The number of carbonyl (C=O) groups is 3. The number of anilines is 2. The molecule has 0 radical (unpaired) electrons. The molecule has 0 atom stereocenters. The number of amides is 2. The minimum Gasteiger partial charge on any atom is -0.457 e. The van der Waals surface area contributed by atoms with Gasteiger partial charge < -0.3 is 20.1 Å². The Morgan fingerprint density at radius 1 is 0.821 bits per heavy atom. The second-order valence-corrected chi connectivity index (χ2v) is 9.16. The van der Waals surface area contributed by atoms with Gasteiger partial charge in [-0.25, -0.2) is 0 Å². The van der Waals surface area contributed by atoms with Crippen molar-refractivity contribution in [2.75, 3.05) is 17.2 Å². The predicted molar refractivity (Wildman–Crippen MR) is 141 cm³/mol. The van der Waals surface area contributed by atoms with E-state index in [-0.39, 0.29) is 35.9 Å². The molecule has 0 saturated heterocycles. The van der Waals surface area contributed by atoms with E-state index in [2.05, 4.69) is 10.6 Å². The minimum atomic E-state index is -4.61. The molecule has 0 heterocycles. The average molecular weight is 563 g/mol. The van der Waals surface area contributed by atoms with Gasteiger partial charge in [0.05, 0.1) is 16.3 Å². The number of esters is 1. The van der Waals surface area contributed by atoms with E-state index in [0.717, 1.165) is 23.3 Å². The molecule has 0 spiro atoms. The smallest absolute Gasteiger partial charge is 0.416 e. The van der Waals surface area contributed by atoms with Crippen molar-refractivity contribution in [1.29, 1.82) is 0 Å². The molecule has 11 heteroatoms. The van der Waals surface area contributed by atoms with Gasteiger partial charge in [-0.3, -0.25) is 14.4 Å². The highest BCUT2D eigenvalue weighted by Gasteiger charge is 2.31. The number of alkyl halides is 3. The van der Waals surface area contributed by atoms with Crippen molar-refractivity contribution >= 4 is 40.8 Å². The highest BCUT2D eigenvalue weighted by molar-refractivity contribution is 6.33. The van der Waals surface area contributed by atoms with Gasteiger partial charge >= 0.3 is 12.1 Å². The summed E-state index contributed by atoms with van der Waals surface area (Å²) in [7, 11) is 0. The van der Waals surface area contributed by atoms with Crippen LogP contribution in [0.3, 0.4) is 0 Å². The second kappa shape index (κ2) is 13.1. The molecule has 2 N–H and O–H groups in total. The van der Waals surface area contributed by atoms with Crippen molar-refractivity contribution in [2.24, 2.45) is 0 Å². The molecule has 0 saturated carbocycles. The Balaban J connectivity index is 1.37. The topological polar surface area (TPSA) is 93.7 Å². The molecule has 0 fully saturated rings. The maximum Gasteiger partial charge on any atom is 0.416 e. The monoisotopic (exact) mass is 562 g/mol. The van der Waals surface area contributed by atoms with Crippen molar-refractivity contribution in [3.8, 4) is 11.5 Å². The number of benzene rings is 3. The molecular weight excluding hydrogens is 537 g/mol. The van der Waals surface area contributed by atoms with E-state index < -0.39 is 30.2 Å². The van der Waals surface area contributed by atoms with Crippen LogP contribution in [0, 0.1) is 13.8 Å². The molecule has 2 amide bonds. The van der Waals surface area contributed by atoms with Crippen LogP contribution in [0.2, 0.25) is 5.02 Å². The Kier molecular flexibility index (Phi) is 9.95. The molecule has 0 unspecified atom stereocenters. The van der Waals surface area contributed by atoms with Crippen LogP contribution in [0.1, 0.15) is 36.0 Å². The lowest BCUT2D eigenvalue weighted by molar-refractivity contribution is -0.147. The number of hydrogen-bond donors (Lipinski definition) is 2. The van der Waals surface area contributed by atoms with E-state index in [4.69, 9.17) is 21.1 Å². The Morgan fingerprint density at radius 3 is 2.13 bits per heavy atom. The summed E-state index contributed by atoms with van der Waals surface area (Å²) in [6, 6.07) is 15.2. The molecule has 39 heavy (non-hydrogen) atoms. The summed E-state index contributed by atoms with van der Waals surface area (Å²) in [5.74, 6) is -0.579. The van der Waals surface area contributed by atoms with Crippen LogP contribution >= 0.6 is 11.6 Å². The van der Waals surface area contributed by atoms with Gasteiger partial charge in [0, 0.05) is 18.5 Å².